The Balaban J connectivity index is 0.000000412. The molecule has 2 fully saturated rings. The molecule has 6 rings (SSSR count). The lowest BCUT2D eigenvalue weighted by atomic mass is 9.87. The van der Waals surface area contributed by atoms with Crippen LogP contribution >= 0.6 is 11.3 Å². The highest BCUT2D eigenvalue weighted by Gasteiger charge is 2.27. The lowest BCUT2D eigenvalue weighted by Gasteiger charge is -2.24. The van der Waals surface area contributed by atoms with E-state index in [9.17, 15) is 14.3 Å². The number of halogens is 1. The van der Waals surface area contributed by atoms with Crippen LogP contribution in [0.25, 0.3) is 21.3 Å². The van der Waals surface area contributed by atoms with Gasteiger partial charge in [0.2, 0.25) is 0 Å². The van der Waals surface area contributed by atoms with Gasteiger partial charge in [0.15, 0.2) is 0 Å². The zero-order chi connectivity index (χ0) is 25.6. The van der Waals surface area contributed by atoms with Crippen LogP contribution in [0, 0.1) is 5.82 Å². The summed E-state index contributed by atoms with van der Waals surface area (Å²) in [5, 5.41) is 14.0. The zero-order valence-electron chi connectivity index (χ0n) is 21.3. The number of aromatic nitrogens is 1. The van der Waals surface area contributed by atoms with Crippen molar-refractivity contribution in [3.63, 3.8) is 0 Å². The van der Waals surface area contributed by atoms with Crippen LogP contribution in [0.15, 0.2) is 29.3 Å². The fourth-order valence-electron chi connectivity index (χ4n) is 5.45. The maximum Gasteiger partial charge on any atom is 0.348 e. The third kappa shape index (κ3) is 6.02. The van der Waals surface area contributed by atoms with Crippen LogP contribution in [0.1, 0.15) is 72.3 Å². The molecular formula is C29H35FN4O2S. The van der Waals surface area contributed by atoms with E-state index in [2.05, 4.69) is 10.2 Å². The van der Waals surface area contributed by atoms with Gasteiger partial charge in [-0.3, -0.25) is 0 Å². The number of hydrogen-bond acceptors (Lipinski definition) is 5. The highest BCUT2D eigenvalue weighted by atomic mass is 32.1. The van der Waals surface area contributed by atoms with Crippen molar-refractivity contribution in [1.29, 1.82) is 0 Å². The second kappa shape index (κ2) is 12.1. The normalized spacial score (nSPS) is 17.9. The Morgan fingerprint density at radius 2 is 1.70 bits per heavy atom. The van der Waals surface area contributed by atoms with Gasteiger partial charge in [-0.05, 0) is 99.7 Å². The van der Waals surface area contributed by atoms with E-state index in [-0.39, 0.29) is 10.7 Å². The Bertz CT molecular complexity index is 1250. The third-order valence-corrected chi connectivity index (χ3v) is 8.43. The van der Waals surface area contributed by atoms with Crippen molar-refractivity contribution in [2.75, 3.05) is 26.2 Å². The summed E-state index contributed by atoms with van der Waals surface area (Å²) in [6.45, 7) is 4.37. The molecule has 4 heterocycles. The largest absolute Gasteiger partial charge is 0.477 e. The van der Waals surface area contributed by atoms with Gasteiger partial charge in [-0.2, -0.15) is 0 Å². The van der Waals surface area contributed by atoms with Gasteiger partial charge in [-0.15, -0.1) is 11.3 Å². The Labute approximate surface area is 221 Å². The average molecular weight is 523 g/mol. The first-order valence-corrected chi connectivity index (χ1v) is 14.4. The summed E-state index contributed by atoms with van der Waals surface area (Å²) in [4.78, 5) is 24.7. The van der Waals surface area contributed by atoms with E-state index in [0.29, 0.717) is 10.5 Å². The second-order valence-electron chi connectivity index (χ2n) is 10.0. The molecule has 0 unspecified atom stereocenters. The van der Waals surface area contributed by atoms with Crippen LogP contribution in [-0.4, -0.2) is 53.5 Å². The molecule has 0 spiro atoms. The number of hydrogen-bond donors (Lipinski definition) is 2. The van der Waals surface area contributed by atoms with Gasteiger partial charge in [-0.1, -0.05) is 18.6 Å². The topological polar surface area (TPSA) is 77.8 Å². The second-order valence-corrected chi connectivity index (χ2v) is 11.0. The number of piperidine rings is 2. The highest BCUT2D eigenvalue weighted by molar-refractivity contribution is 7.21. The molecule has 2 aromatic heterocycles. The molecule has 8 heteroatoms. The van der Waals surface area contributed by atoms with Gasteiger partial charge in [0.05, 0.1) is 6.34 Å². The number of nitrogens with one attached hydrogen (secondary N) is 1. The minimum Gasteiger partial charge on any atom is -0.477 e. The van der Waals surface area contributed by atoms with Crippen LogP contribution in [0.3, 0.4) is 0 Å². The molecular weight excluding hydrogens is 487 g/mol. The maximum absolute atomic E-state index is 13.7. The Kier molecular flexibility index (Phi) is 8.46. The standard InChI is InChI=1S/C24H24FN3O2S.C5H11N/c25-16-10-8-15(9-11-16)19-17-6-2-3-7-18(17)27-23-20(19)21(22(31-23)24(29)30)26-14-28-12-4-1-5-13-28;1-2-4-6-5-3-1/h8-11,14H,1-7,12-13H2,(H,29,30);6H,1-5H2. The number of pyridine rings is 1. The summed E-state index contributed by atoms with van der Waals surface area (Å²) in [6.07, 6.45) is 13.4. The molecule has 2 saturated heterocycles. The summed E-state index contributed by atoms with van der Waals surface area (Å²) < 4.78 is 13.7. The molecule has 0 bridgehead atoms. The SMILES string of the molecule is C1CCNCC1.O=C(O)c1sc2nc3c(c(-c4ccc(F)cc4)c2c1N=CN1CCCCC1)CCCC3. The first-order valence-electron chi connectivity index (χ1n) is 13.6. The van der Waals surface area contributed by atoms with E-state index in [0.717, 1.165) is 79.4 Å². The van der Waals surface area contributed by atoms with Gasteiger partial charge < -0.3 is 15.3 Å². The molecule has 0 amide bonds. The third-order valence-electron chi connectivity index (χ3n) is 7.37. The molecule has 0 atom stereocenters. The number of fused-ring (bicyclic) bond motifs is 2. The first kappa shape index (κ1) is 25.8. The smallest absolute Gasteiger partial charge is 0.348 e. The zero-order valence-corrected chi connectivity index (χ0v) is 22.1. The van der Waals surface area contributed by atoms with Crippen molar-refractivity contribution in [2.45, 2.75) is 64.2 Å². The molecule has 2 aliphatic heterocycles. The van der Waals surface area contributed by atoms with E-state index in [1.165, 1.54) is 62.2 Å². The van der Waals surface area contributed by atoms with Crippen LogP contribution in [-0.2, 0) is 12.8 Å². The van der Waals surface area contributed by atoms with E-state index in [1.54, 1.807) is 18.5 Å². The highest BCUT2D eigenvalue weighted by Crippen LogP contribution is 2.46. The molecule has 196 valence electrons. The number of aromatic carboxylic acids is 1. The van der Waals surface area contributed by atoms with Crippen molar-refractivity contribution in [1.82, 2.24) is 15.2 Å². The fraction of sp³-hybridized carbons (Fsp3) is 0.483. The van der Waals surface area contributed by atoms with Gasteiger partial charge in [0.25, 0.3) is 0 Å². The van der Waals surface area contributed by atoms with Gasteiger partial charge in [-0.25, -0.2) is 19.2 Å². The number of carbonyl (C=O) groups is 1. The molecule has 1 aromatic carbocycles. The quantitative estimate of drug-likeness (QED) is 0.299. The van der Waals surface area contributed by atoms with Gasteiger partial charge in [0.1, 0.15) is 21.2 Å². The number of rotatable bonds is 4. The number of nitrogens with zero attached hydrogens (tertiary/aromatic N) is 3. The summed E-state index contributed by atoms with van der Waals surface area (Å²) >= 11 is 1.19. The van der Waals surface area contributed by atoms with E-state index < -0.39 is 5.97 Å². The van der Waals surface area contributed by atoms with Crippen LogP contribution < -0.4 is 5.32 Å². The van der Waals surface area contributed by atoms with E-state index in [1.807, 2.05) is 0 Å². The summed E-state index contributed by atoms with van der Waals surface area (Å²) in [7, 11) is 0. The number of thiophene rings is 1. The van der Waals surface area contributed by atoms with E-state index in [4.69, 9.17) is 9.98 Å². The molecule has 0 radical (unpaired) electrons. The van der Waals surface area contributed by atoms with Crippen LogP contribution in [0.4, 0.5) is 10.1 Å². The lowest BCUT2D eigenvalue weighted by Crippen LogP contribution is -2.28. The number of aliphatic imine (C=N–C) groups is 1. The fourth-order valence-corrected chi connectivity index (χ4v) is 6.44. The molecule has 3 aliphatic rings. The summed E-state index contributed by atoms with van der Waals surface area (Å²) in [6, 6.07) is 6.46. The molecule has 2 N–H and O–H groups in total. The predicted molar refractivity (Wildman–Crippen MR) is 149 cm³/mol. The van der Waals surface area contributed by atoms with Gasteiger partial charge in [0, 0.05) is 24.2 Å². The monoisotopic (exact) mass is 522 g/mol. The number of likely N-dealkylation sites (tertiary alicyclic amines) is 1. The summed E-state index contributed by atoms with van der Waals surface area (Å²) in [5.74, 6) is -1.28. The number of aryl methyl sites for hydroxylation is 1. The molecule has 1 aliphatic carbocycles. The number of carboxylic acid groups (broad SMARTS) is 1. The lowest BCUT2D eigenvalue weighted by molar-refractivity contribution is 0.0703. The van der Waals surface area contributed by atoms with Crippen molar-refractivity contribution >= 4 is 39.5 Å². The van der Waals surface area contributed by atoms with Crippen molar-refractivity contribution in [3.05, 3.63) is 46.2 Å². The molecule has 3 aromatic rings. The van der Waals surface area contributed by atoms with Crippen molar-refractivity contribution in [3.8, 4) is 11.1 Å². The van der Waals surface area contributed by atoms with Crippen molar-refractivity contribution < 1.29 is 14.3 Å². The average Bonchev–Trinajstić information content (AvgIpc) is 3.31. The number of carboxylic acids is 1. The molecule has 6 nitrogen and oxygen atoms in total. The Morgan fingerprint density at radius 1 is 1.00 bits per heavy atom. The first-order chi connectivity index (χ1) is 18.1. The molecule has 0 saturated carbocycles. The van der Waals surface area contributed by atoms with Gasteiger partial charge >= 0.3 is 5.97 Å². The number of benzene rings is 1. The van der Waals surface area contributed by atoms with E-state index >= 15 is 0 Å². The van der Waals surface area contributed by atoms with Crippen LogP contribution in [0.2, 0.25) is 0 Å². The minimum absolute atomic E-state index is 0.210. The van der Waals surface area contributed by atoms with Crippen LogP contribution in [0.5, 0.6) is 0 Å². The predicted octanol–water partition coefficient (Wildman–Crippen LogP) is 6.59. The molecule has 37 heavy (non-hydrogen) atoms. The van der Waals surface area contributed by atoms with Crippen molar-refractivity contribution in [2.24, 2.45) is 4.99 Å². The Hall–Kier alpha value is -2.84. The summed E-state index contributed by atoms with van der Waals surface area (Å²) in [5.41, 5.74) is 4.50. The minimum atomic E-state index is -0.989. The Morgan fingerprint density at radius 3 is 2.35 bits per heavy atom. The maximum atomic E-state index is 13.7.